The molecule has 0 atom stereocenters. The van der Waals surface area contributed by atoms with Crippen LogP contribution in [0.4, 0.5) is 0 Å². The van der Waals surface area contributed by atoms with Crippen LogP contribution < -0.4 is 0 Å². The van der Waals surface area contributed by atoms with Crippen molar-refractivity contribution in [1.29, 1.82) is 0 Å². The molecule has 3 nitrogen and oxygen atoms in total. The molecule has 2 rings (SSSR count). The number of aromatic nitrogens is 2. The molecule has 1 aromatic heterocycles. The van der Waals surface area contributed by atoms with Gasteiger partial charge in [-0.1, -0.05) is 37.3 Å². The standard InChI is InChI=1S/C8H10.C5H5ClN2O/c1-2-8-6-4-3-5-7-8;1-8-3-4(2-7-8)5(6)9/h3-7H,2H2,1H3;2-3H,1H3. The van der Waals surface area contributed by atoms with Crippen LogP contribution in [0, 0.1) is 0 Å². The third-order valence-electron chi connectivity index (χ3n) is 2.18. The van der Waals surface area contributed by atoms with E-state index in [1.165, 1.54) is 16.4 Å². The molecule has 0 radical (unpaired) electrons. The minimum absolute atomic E-state index is 0.430. The zero-order valence-electron chi connectivity index (χ0n) is 9.93. The van der Waals surface area contributed by atoms with Crippen molar-refractivity contribution in [3.8, 4) is 0 Å². The van der Waals surface area contributed by atoms with Crippen LogP contribution in [0.5, 0.6) is 0 Å². The van der Waals surface area contributed by atoms with Crippen LogP contribution in [0.25, 0.3) is 0 Å². The minimum atomic E-state index is -0.469. The smallest absolute Gasteiger partial charge is 0.255 e. The van der Waals surface area contributed by atoms with Crippen molar-refractivity contribution in [3.63, 3.8) is 0 Å². The van der Waals surface area contributed by atoms with Crippen molar-refractivity contribution in [2.24, 2.45) is 7.05 Å². The van der Waals surface area contributed by atoms with Crippen LogP contribution in [-0.2, 0) is 13.5 Å². The van der Waals surface area contributed by atoms with E-state index in [1.54, 1.807) is 13.2 Å². The van der Waals surface area contributed by atoms with E-state index in [1.807, 2.05) is 6.07 Å². The van der Waals surface area contributed by atoms with Crippen LogP contribution in [0.15, 0.2) is 42.7 Å². The van der Waals surface area contributed by atoms with Crippen molar-refractivity contribution in [2.45, 2.75) is 13.3 Å². The maximum atomic E-state index is 10.4. The van der Waals surface area contributed by atoms with Gasteiger partial charge in [0.2, 0.25) is 0 Å². The Morgan fingerprint density at radius 1 is 1.35 bits per heavy atom. The molecular weight excluding hydrogens is 236 g/mol. The lowest BCUT2D eigenvalue weighted by molar-refractivity contribution is 0.108. The predicted octanol–water partition coefficient (Wildman–Crippen LogP) is 3.05. The average molecular weight is 251 g/mol. The molecule has 0 aliphatic heterocycles. The molecule has 0 saturated carbocycles. The maximum absolute atomic E-state index is 10.4. The summed E-state index contributed by atoms with van der Waals surface area (Å²) < 4.78 is 1.52. The van der Waals surface area contributed by atoms with Gasteiger partial charge in [-0.25, -0.2) is 0 Å². The van der Waals surface area contributed by atoms with E-state index in [0.29, 0.717) is 5.56 Å². The molecule has 0 N–H and O–H groups in total. The van der Waals surface area contributed by atoms with Gasteiger partial charge in [0, 0.05) is 13.2 Å². The molecule has 0 fully saturated rings. The summed E-state index contributed by atoms with van der Waals surface area (Å²) >= 11 is 5.12. The second kappa shape index (κ2) is 6.86. The molecule has 4 heteroatoms. The Morgan fingerprint density at radius 2 is 2.00 bits per heavy atom. The molecule has 0 saturated heterocycles. The highest BCUT2D eigenvalue weighted by Crippen LogP contribution is 1.99. The van der Waals surface area contributed by atoms with Crippen LogP contribution >= 0.6 is 11.6 Å². The summed E-state index contributed by atoms with van der Waals surface area (Å²) in [5.74, 6) is 0. The van der Waals surface area contributed by atoms with E-state index in [4.69, 9.17) is 11.6 Å². The number of carbonyl (C=O) groups excluding carboxylic acids is 1. The summed E-state index contributed by atoms with van der Waals surface area (Å²) in [4.78, 5) is 10.4. The summed E-state index contributed by atoms with van der Waals surface area (Å²) in [6.45, 7) is 2.16. The number of hydrogen-bond donors (Lipinski definition) is 0. The second-order valence-corrected chi connectivity index (χ2v) is 3.86. The first-order valence-electron chi connectivity index (χ1n) is 5.36. The second-order valence-electron chi connectivity index (χ2n) is 3.52. The van der Waals surface area contributed by atoms with E-state index in [9.17, 15) is 4.79 Å². The van der Waals surface area contributed by atoms with Crippen LogP contribution in [0.3, 0.4) is 0 Å². The van der Waals surface area contributed by atoms with Crippen LogP contribution in [-0.4, -0.2) is 15.0 Å². The highest BCUT2D eigenvalue weighted by atomic mass is 35.5. The Morgan fingerprint density at radius 3 is 2.29 bits per heavy atom. The molecule has 0 aliphatic carbocycles. The van der Waals surface area contributed by atoms with E-state index in [-0.39, 0.29) is 0 Å². The van der Waals surface area contributed by atoms with Gasteiger partial charge in [-0.05, 0) is 23.6 Å². The van der Waals surface area contributed by atoms with Gasteiger partial charge in [-0.15, -0.1) is 0 Å². The monoisotopic (exact) mass is 250 g/mol. The first kappa shape index (κ1) is 13.5. The SMILES string of the molecule is CCc1ccccc1.Cn1cc(C(=O)Cl)cn1. The lowest BCUT2D eigenvalue weighted by Gasteiger charge is -1.89. The number of nitrogens with zero attached hydrogens (tertiary/aromatic N) is 2. The molecule has 0 amide bonds. The molecule has 1 aromatic carbocycles. The summed E-state index contributed by atoms with van der Waals surface area (Å²) in [5, 5.41) is 3.28. The number of carbonyl (C=O) groups is 1. The lowest BCUT2D eigenvalue weighted by atomic mass is 10.2. The third-order valence-corrected chi connectivity index (χ3v) is 2.40. The fourth-order valence-corrected chi connectivity index (χ4v) is 1.33. The van der Waals surface area contributed by atoms with Crippen LogP contribution in [0.1, 0.15) is 22.8 Å². The molecular formula is C13H15ClN2O. The zero-order valence-corrected chi connectivity index (χ0v) is 10.7. The van der Waals surface area contributed by atoms with E-state index in [0.717, 1.165) is 6.42 Å². The van der Waals surface area contributed by atoms with Crippen molar-refractivity contribution in [1.82, 2.24) is 9.78 Å². The van der Waals surface area contributed by atoms with Gasteiger partial charge in [0.1, 0.15) is 0 Å². The Hall–Kier alpha value is -1.61. The number of benzene rings is 1. The fraction of sp³-hybridized carbons (Fsp3) is 0.231. The van der Waals surface area contributed by atoms with Crippen molar-refractivity contribution >= 4 is 16.8 Å². The van der Waals surface area contributed by atoms with Crippen molar-refractivity contribution < 1.29 is 4.79 Å². The van der Waals surface area contributed by atoms with E-state index >= 15 is 0 Å². The quantitative estimate of drug-likeness (QED) is 0.768. The van der Waals surface area contributed by atoms with Gasteiger partial charge in [0.25, 0.3) is 5.24 Å². The number of hydrogen-bond acceptors (Lipinski definition) is 2. The van der Waals surface area contributed by atoms with Gasteiger partial charge in [0.15, 0.2) is 0 Å². The normalized spacial score (nSPS) is 9.35. The first-order chi connectivity index (χ1) is 8.13. The van der Waals surface area contributed by atoms with E-state index in [2.05, 4.69) is 36.3 Å². The highest BCUT2D eigenvalue weighted by molar-refractivity contribution is 6.67. The van der Waals surface area contributed by atoms with Crippen LogP contribution in [0.2, 0.25) is 0 Å². The first-order valence-corrected chi connectivity index (χ1v) is 5.73. The molecule has 17 heavy (non-hydrogen) atoms. The summed E-state index contributed by atoms with van der Waals surface area (Å²) in [7, 11) is 1.73. The Bertz CT molecular complexity index is 465. The average Bonchev–Trinajstić information content (AvgIpc) is 2.78. The van der Waals surface area contributed by atoms with Gasteiger partial charge in [-0.2, -0.15) is 5.10 Å². The molecule has 1 heterocycles. The largest absolute Gasteiger partial charge is 0.275 e. The van der Waals surface area contributed by atoms with Crippen molar-refractivity contribution in [2.75, 3.05) is 0 Å². The summed E-state index contributed by atoms with van der Waals surface area (Å²) in [6.07, 6.45) is 4.13. The number of rotatable bonds is 2. The minimum Gasteiger partial charge on any atom is -0.275 e. The Balaban J connectivity index is 0.000000171. The summed E-state index contributed by atoms with van der Waals surface area (Å²) in [5.41, 5.74) is 1.84. The molecule has 0 spiro atoms. The van der Waals surface area contributed by atoms with Gasteiger partial charge in [-0.3, -0.25) is 9.48 Å². The Labute approximate surface area is 106 Å². The van der Waals surface area contributed by atoms with Gasteiger partial charge >= 0.3 is 0 Å². The van der Waals surface area contributed by atoms with Crippen molar-refractivity contribution in [3.05, 3.63) is 53.9 Å². The fourth-order valence-electron chi connectivity index (χ4n) is 1.24. The maximum Gasteiger partial charge on any atom is 0.255 e. The van der Waals surface area contributed by atoms with E-state index < -0.39 is 5.24 Å². The molecule has 2 aromatic rings. The zero-order chi connectivity index (χ0) is 12.7. The number of aryl methyl sites for hydroxylation is 2. The predicted molar refractivity (Wildman–Crippen MR) is 69.2 cm³/mol. The van der Waals surface area contributed by atoms with Gasteiger partial charge in [0.05, 0.1) is 11.8 Å². The number of halogens is 1. The lowest BCUT2D eigenvalue weighted by Crippen LogP contribution is -1.86. The topological polar surface area (TPSA) is 34.9 Å². The Kier molecular flexibility index (Phi) is 5.43. The molecule has 90 valence electrons. The highest BCUT2D eigenvalue weighted by Gasteiger charge is 2.01. The van der Waals surface area contributed by atoms with Gasteiger partial charge < -0.3 is 0 Å². The summed E-state index contributed by atoms with van der Waals surface area (Å²) in [6, 6.07) is 10.5. The molecule has 0 aliphatic rings. The molecule has 0 bridgehead atoms. The molecule has 0 unspecified atom stereocenters. The third kappa shape index (κ3) is 4.83.